The molecular formula is C9H18OS. The lowest BCUT2D eigenvalue weighted by atomic mass is 10.2. The molecule has 0 saturated carbocycles. The molecule has 0 aromatic heterocycles. The number of ether oxygens (including phenoxy) is 1. The molecule has 1 saturated heterocycles. The monoisotopic (exact) mass is 174 g/mol. The summed E-state index contributed by atoms with van der Waals surface area (Å²) in [5.74, 6) is 3.33. The van der Waals surface area contributed by atoms with Gasteiger partial charge in [-0.25, -0.2) is 0 Å². The van der Waals surface area contributed by atoms with Crippen molar-refractivity contribution in [3.05, 3.63) is 0 Å². The Hall–Kier alpha value is 0.310. The molecule has 1 fully saturated rings. The Morgan fingerprint density at radius 1 is 1.64 bits per heavy atom. The van der Waals surface area contributed by atoms with E-state index in [1.165, 1.54) is 17.9 Å². The van der Waals surface area contributed by atoms with Crippen LogP contribution in [0.1, 0.15) is 27.2 Å². The smallest absolute Gasteiger partial charge is 0.0978 e. The third-order valence-corrected chi connectivity index (χ3v) is 3.76. The van der Waals surface area contributed by atoms with Gasteiger partial charge in [0, 0.05) is 5.75 Å². The summed E-state index contributed by atoms with van der Waals surface area (Å²) in [4.78, 5) is 0. The summed E-state index contributed by atoms with van der Waals surface area (Å²) in [6.45, 7) is 7.72. The molecule has 11 heavy (non-hydrogen) atoms. The zero-order valence-corrected chi connectivity index (χ0v) is 8.54. The molecule has 0 amide bonds. The second-order valence-electron chi connectivity index (χ2n) is 3.77. The highest BCUT2D eigenvalue weighted by molar-refractivity contribution is 7.99. The quantitative estimate of drug-likeness (QED) is 0.594. The summed E-state index contributed by atoms with van der Waals surface area (Å²) < 4.78 is 5.29. The number of thioether (sulfide) groups is 1. The molecule has 2 unspecified atom stereocenters. The van der Waals surface area contributed by atoms with Crippen molar-refractivity contribution in [1.29, 1.82) is 0 Å². The van der Waals surface area contributed by atoms with Gasteiger partial charge in [0.1, 0.15) is 0 Å². The minimum atomic E-state index is 0.248. The van der Waals surface area contributed by atoms with E-state index in [1.807, 2.05) is 11.8 Å². The number of hydrogen-bond acceptors (Lipinski definition) is 2. The fourth-order valence-electron chi connectivity index (χ4n) is 0.800. The van der Waals surface area contributed by atoms with Gasteiger partial charge in [0.15, 0.2) is 0 Å². The second kappa shape index (κ2) is 3.81. The van der Waals surface area contributed by atoms with Crippen LogP contribution in [0.3, 0.4) is 0 Å². The van der Waals surface area contributed by atoms with Crippen LogP contribution < -0.4 is 0 Å². The molecular weight excluding hydrogens is 156 g/mol. The molecule has 0 aromatic rings. The first-order chi connectivity index (χ1) is 5.16. The number of hydrogen-bond donors (Lipinski definition) is 0. The average molecular weight is 174 g/mol. The standard InChI is InChI=1S/C9H18OS/c1-4-8(2)5-11-7-9(3)6-10-9/h8H,4-7H2,1-3H3. The third kappa shape index (κ3) is 3.48. The highest BCUT2D eigenvalue weighted by Crippen LogP contribution is 2.30. The second-order valence-corrected chi connectivity index (χ2v) is 4.80. The molecule has 1 heterocycles. The highest BCUT2D eigenvalue weighted by Gasteiger charge is 2.38. The fraction of sp³-hybridized carbons (Fsp3) is 1.00. The molecule has 0 aliphatic carbocycles. The maximum absolute atomic E-state index is 5.29. The maximum Gasteiger partial charge on any atom is 0.0978 e. The average Bonchev–Trinajstić information content (AvgIpc) is 2.68. The molecule has 1 aliphatic heterocycles. The molecule has 1 rings (SSSR count). The van der Waals surface area contributed by atoms with Crippen molar-refractivity contribution in [3.63, 3.8) is 0 Å². The van der Waals surface area contributed by atoms with Crippen molar-refractivity contribution in [2.75, 3.05) is 18.1 Å². The topological polar surface area (TPSA) is 12.5 Å². The molecule has 66 valence electrons. The van der Waals surface area contributed by atoms with Gasteiger partial charge in [-0.3, -0.25) is 0 Å². The Morgan fingerprint density at radius 2 is 2.27 bits per heavy atom. The Labute approximate surface area is 73.9 Å². The molecule has 2 atom stereocenters. The molecule has 1 nitrogen and oxygen atoms in total. The first-order valence-corrected chi connectivity index (χ1v) is 5.53. The van der Waals surface area contributed by atoms with Gasteiger partial charge >= 0.3 is 0 Å². The summed E-state index contributed by atoms with van der Waals surface area (Å²) in [7, 11) is 0. The predicted octanol–water partition coefficient (Wildman–Crippen LogP) is 2.55. The first kappa shape index (κ1) is 9.40. The minimum absolute atomic E-state index is 0.248. The van der Waals surface area contributed by atoms with Crippen LogP contribution in [0.4, 0.5) is 0 Å². The highest BCUT2D eigenvalue weighted by atomic mass is 32.2. The predicted molar refractivity (Wildman–Crippen MR) is 51.1 cm³/mol. The summed E-state index contributed by atoms with van der Waals surface area (Å²) >= 11 is 2.03. The van der Waals surface area contributed by atoms with Gasteiger partial charge in [-0.2, -0.15) is 11.8 Å². The zero-order chi connectivity index (χ0) is 8.32. The summed E-state index contributed by atoms with van der Waals surface area (Å²) in [5, 5.41) is 0. The normalized spacial score (nSPS) is 31.9. The van der Waals surface area contributed by atoms with E-state index in [4.69, 9.17) is 4.74 Å². The molecule has 1 aliphatic rings. The van der Waals surface area contributed by atoms with Crippen LogP contribution in [0, 0.1) is 5.92 Å². The van der Waals surface area contributed by atoms with E-state index in [0.29, 0.717) is 0 Å². The number of rotatable bonds is 5. The van der Waals surface area contributed by atoms with Crippen LogP contribution in [0.2, 0.25) is 0 Å². The van der Waals surface area contributed by atoms with Crippen LogP contribution in [-0.4, -0.2) is 23.7 Å². The molecule has 0 radical (unpaired) electrons. The Bertz CT molecular complexity index is 121. The zero-order valence-electron chi connectivity index (χ0n) is 7.72. The van der Waals surface area contributed by atoms with Crippen LogP contribution in [0.25, 0.3) is 0 Å². The lowest BCUT2D eigenvalue weighted by Crippen LogP contribution is -2.09. The summed E-state index contributed by atoms with van der Waals surface area (Å²) in [6, 6.07) is 0. The Balaban J connectivity index is 1.95. The van der Waals surface area contributed by atoms with Gasteiger partial charge in [-0.15, -0.1) is 0 Å². The van der Waals surface area contributed by atoms with E-state index in [0.717, 1.165) is 12.5 Å². The Morgan fingerprint density at radius 3 is 2.73 bits per heavy atom. The van der Waals surface area contributed by atoms with E-state index >= 15 is 0 Å². The van der Waals surface area contributed by atoms with E-state index in [1.54, 1.807) is 0 Å². The number of epoxide rings is 1. The lowest BCUT2D eigenvalue weighted by Gasteiger charge is -2.08. The SMILES string of the molecule is CCC(C)CSCC1(C)CO1. The molecule has 0 bridgehead atoms. The van der Waals surface area contributed by atoms with Gasteiger partial charge in [-0.1, -0.05) is 20.3 Å². The van der Waals surface area contributed by atoms with Crippen LogP contribution in [0.5, 0.6) is 0 Å². The first-order valence-electron chi connectivity index (χ1n) is 4.38. The van der Waals surface area contributed by atoms with Crippen molar-refractivity contribution in [1.82, 2.24) is 0 Å². The van der Waals surface area contributed by atoms with Crippen molar-refractivity contribution in [2.24, 2.45) is 5.92 Å². The van der Waals surface area contributed by atoms with E-state index < -0.39 is 0 Å². The molecule has 0 aromatic carbocycles. The maximum atomic E-state index is 5.29. The van der Waals surface area contributed by atoms with Crippen LogP contribution in [0.15, 0.2) is 0 Å². The van der Waals surface area contributed by atoms with E-state index in [2.05, 4.69) is 20.8 Å². The molecule has 0 N–H and O–H groups in total. The summed E-state index contributed by atoms with van der Waals surface area (Å²) in [5.41, 5.74) is 0.248. The Kier molecular flexibility index (Phi) is 3.26. The van der Waals surface area contributed by atoms with Crippen molar-refractivity contribution >= 4 is 11.8 Å². The lowest BCUT2D eigenvalue weighted by molar-refractivity contribution is 0.348. The van der Waals surface area contributed by atoms with Gasteiger partial charge in [0.25, 0.3) is 0 Å². The van der Waals surface area contributed by atoms with Crippen LogP contribution >= 0.6 is 11.8 Å². The van der Waals surface area contributed by atoms with Crippen molar-refractivity contribution < 1.29 is 4.74 Å². The van der Waals surface area contributed by atoms with Crippen LogP contribution in [-0.2, 0) is 4.74 Å². The van der Waals surface area contributed by atoms with Crippen molar-refractivity contribution in [3.8, 4) is 0 Å². The minimum Gasteiger partial charge on any atom is -0.369 e. The fourth-order valence-corrected chi connectivity index (χ4v) is 2.15. The third-order valence-electron chi connectivity index (χ3n) is 2.14. The van der Waals surface area contributed by atoms with E-state index in [-0.39, 0.29) is 5.60 Å². The molecule has 2 heteroatoms. The largest absolute Gasteiger partial charge is 0.369 e. The molecule has 0 spiro atoms. The van der Waals surface area contributed by atoms with Crippen molar-refractivity contribution in [2.45, 2.75) is 32.8 Å². The van der Waals surface area contributed by atoms with Gasteiger partial charge < -0.3 is 4.74 Å². The van der Waals surface area contributed by atoms with Gasteiger partial charge in [-0.05, 0) is 18.6 Å². The summed E-state index contributed by atoms with van der Waals surface area (Å²) in [6.07, 6.45) is 1.30. The van der Waals surface area contributed by atoms with Gasteiger partial charge in [0.05, 0.1) is 12.2 Å². The van der Waals surface area contributed by atoms with E-state index in [9.17, 15) is 0 Å². The van der Waals surface area contributed by atoms with Gasteiger partial charge in [0.2, 0.25) is 0 Å².